The number of rotatable bonds is 6. The molecule has 2 aliphatic carbocycles. The predicted octanol–water partition coefficient (Wildman–Crippen LogP) is 6.38. The Morgan fingerprint density at radius 2 is 1.53 bits per heavy atom. The highest BCUT2D eigenvalue weighted by Crippen LogP contribution is 2.48. The van der Waals surface area contributed by atoms with Crippen molar-refractivity contribution in [3.63, 3.8) is 0 Å². The normalized spacial score (nSPS) is 19.3. The Morgan fingerprint density at radius 3 is 2.07 bits per heavy atom. The van der Waals surface area contributed by atoms with Gasteiger partial charge in [0.25, 0.3) is 5.60 Å². The fraction of sp³-hybridized carbons (Fsp3) is 0.381. The summed E-state index contributed by atoms with van der Waals surface area (Å²) in [7, 11) is -3.22. The minimum atomic E-state index is -5.67. The maximum absolute atomic E-state index is 13.5. The van der Waals surface area contributed by atoms with Crippen LogP contribution < -0.4 is 0 Å². The Kier molecular flexibility index (Phi) is 6.59. The number of alkyl halides is 6. The molecule has 0 aromatic heterocycles. The van der Waals surface area contributed by atoms with Crippen molar-refractivity contribution < 1.29 is 35.6 Å². The molecule has 1 unspecified atom stereocenters. The van der Waals surface area contributed by atoms with Gasteiger partial charge >= 0.3 is 12.4 Å². The molecule has 2 rings (SSSR count). The highest BCUT2D eigenvalue weighted by atomic mass is 28.4. The van der Waals surface area contributed by atoms with Gasteiger partial charge in [-0.3, -0.25) is 4.79 Å². The van der Waals surface area contributed by atoms with E-state index >= 15 is 0 Å². The van der Waals surface area contributed by atoms with Crippen molar-refractivity contribution in [1.29, 1.82) is 0 Å². The molecule has 0 spiro atoms. The van der Waals surface area contributed by atoms with E-state index in [0.29, 0.717) is 17.2 Å². The van der Waals surface area contributed by atoms with Crippen molar-refractivity contribution >= 4 is 14.1 Å². The van der Waals surface area contributed by atoms with Crippen LogP contribution in [0.25, 0.3) is 0 Å². The molecule has 0 aromatic rings. The first-order valence-corrected chi connectivity index (χ1v) is 12.5. The van der Waals surface area contributed by atoms with E-state index in [1.54, 1.807) is 31.2 Å². The van der Waals surface area contributed by atoms with Gasteiger partial charge in [0.15, 0.2) is 14.1 Å². The number of carbonyl (C=O) groups is 1. The number of halogens is 6. The first kappa shape index (κ1) is 24.1. The smallest absolute Gasteiger partial charge is 0.394 e. The number of fused-ring (bicyclic) bond motifs is 1. The zero-order valence-corrected chi connectivity index (χ0v) is 17.9. The van der Waals surface area contributed by atoms with Gasteiger partial charge < -0.3 is 4.43 Å². The van der Waals surface area contributed by atoms with Crippen LogP contribution in [0.4, 0.5) is 26.3 Å². The molecule has 9 heteroatoms. The van der Waals surface area contributed by atoms with Gasteiger partial charge in [-0.1, -0.05) is 49.5 Å². The van der Waals surface area contributed by atoms with E-state index in [9.17, 15) is 31.1 Å². The van der Waals surface area contributed by atoms with Crippen LogP contribution in [0.1, 0.15) is 6.92 Å². The quantitative estimate of drug-likeness (QED) is 0.268. The highest BCUT2D eigenvalue weighted by molar-refractivity contribution is 6.69. The molecular weight excluding hydrogens is 426 g/mol. The molecule has 0 saturated heterocycles. The molecule has 30 heavy (non-hydrogen) atoms. The first-order chi connectivity index (χ1) is 13.6. The summed E-state index contributed by atoms with van der Waals surface area (Å²) >= 11 is 0. The van der Waals surface area contributed by atoms with E-state index in [0.717, 1.165) is 11.6 Å². The standard InChI is InChI=1S/C21H22F6O2Si/c1-14(15-11-12-17-16(15)9-7-10-18(17)28)8-5-6-13-19(20(22,23)24,21(25,26)27)29-30(2,3)4/h5-14H,1-4H3. The zero-order chi connectivity index (χ0) is 23.0. The molecule has 0 N–H and O–H groups in total. The van der Waals surface area contributed by atoms with Gasteiger partial charge in [-0.15, -0.1) is 0 Å². The molecule has 2 nitrogen and oxygen atoms in total. The molecule has 1 atom stereocenters. The van der Waals surface area contributed by atoms with Crippen LogP contribution in [-0.4, -0.2) is 32.1 Å². The Morgan fingerprint density at radius 1 is 0.933 bits per heavy atom. The fourth-order valence-corrected chi connectivity index (χ4v) is 4.40. The summed E-state index contributed by atoms with van der Waals surface area (Å²) in [5.74, 6) is -0.489. The molecule has 0 saturated carbocycles. The summed E-state index contributed by atoms with van der Waals surface area (Å²) in [6.45, 7) is 5.51. The minimum Gasteiger partial charge on any atom is -0.394 e. The molecule has 0 bridgehead atoms. The fourth-order valence-electron chi connectivity index (χ4n) is 3.14. The summed E-state index contributed by atoms with van der Waals surface area (Å²) < 4.78 is 85.6. The molecule has 0 aliphatic heterocycles. The van der Waals surface area contributed by atoms with Gasteiger partial charge in [0.2, 0.25) is 0 Å². The van der Waals surface area contributed by atoms with E-state index < -0.39 is 26.3 Å². The van der Waals surface area contributed by atoms with Gasteiger partial charge in [-0.2, -0.15) is 26.3 Å². The lowest BCUT2D eigenvalue weighted by Crippen LogP contribution is -2.61. The summed E-state index contributed by atoms with van der Waals surface area (Å²) in [4.78, 5) is 11.8. The van der Waals surface area contributed by atoms with Crippen LogP contribution in [0.15, 0.2) is 71.4 Å². The van der Waals surface area contributed by atoms with Crippen molar-refractivity contribution in [3.05, 3.63) is 71.4 Å². The van der Waals surface area contributed by atoms with E-state index in [2.05, 4.69) is 4.43 Å². The van der Waals surface area contributed by atoms with E-state index in [1.165, 1.54) is 31.8 Å². The lowest BCUT2D eigenvalue weighted by atomic mass is 9.89. The van der Waals surface area contributed by atoms with Crippen LogP contribution in [-0.2, 0) is 9.22 Å². The van der Waals surface area contributed by atoms with Crippen LogP contribution in [0.2, 0.25) is 19.6 Å². The maximum atomic E-state index is 13.5. The van der Waals surface area contributed by atoms with Crippen LogP contribution in [0.3, 0.4) is 0 Å². The molecule has 2 aliphatic rings. The van der Waals surface area contributed by atoms with Gasteiger partial charge in [0.1, 0.15) is 0 Å². The van der Waals surface area contributed by atoms with Gasteiger partial charge in [0.05, 0.1) is 0 Å². The lowest BCUT2D eigenvalue weighted by molar-refractivity contribution is -0.340. The predicted molar refractivity (Wildman–Crippen MR) is 105 cm³/mol. The summed E-state index contributed by atoms with van der Waals surface area (Å²) in [5.41, 5.74) is -2.41. The maximum Gasteiger partial charge on any atom is 0.429 e. The molecular formula is C21H22F6O2Si. The Labute approximate surface area is 172 Å². The van der Waals surface area contributed by atoms with E-state index in [4.69, 9.17) is 0 Å². The monoisotopic (exact) mass is 448 g/mol. The van der Waals surface area contributed by atoms with Crippen molar-refractivity contribution in [3.8, 4) is 0 Å². The summed E-state index contributed by atoms with van der Waals surface area (Å²) in [5, 5.41) is 0. The van der Waals surface area contributed by atoms with Gasteiger partial charge in [-0.05, 0) is 48.9 Å². The largest absolute Gasteiger partial charge is 0.429 e. The average molecular weight is 448 g/mol. The van der Waals surface area contributed by atoms with Crippen molar-refractivity contribution in [2.24, 2.45) is 5.92 Å². The first-order valence-electron chi connectivity index (χ1n) is 9.14. The van der Waals surface area contributed by atoms with Crippen molar-refractivity contribution in [2.45, 2.75) is 44.5 Å². The third-order valence-electron chi connectivity index (χ3n) is 4.45. The highest BCUT2D eigenvalue weighted by Gasteiger charge is 2.71. The van der Waals surface area contributed by atoms with Gasteiger partial charge in [-0.25, -0.2) is 0 Å². The minimum absolute atomic E-state index is 0.0211. The second kappa shape index (κ2) is 8.18. The van der Waals surface area contributed by atoms with Crippen LogP contribution in [0, 0.1) is 5.92 Å². The number of ketones is 1. The molecule has 0 heterocycles. The topological polar surface area (TPSA) is 26.3 Å². The number of hydrogen-bond donors (Lipinski definition) is 0. The number of carbonyl (C=O) groups excluding carboxylic acids is 1. The average Bonchev–Trinajstić information content (AvgIpc) is 2.99. The third-order valence-corrected chi connectivity index (χ3v) is 5.38. The van der Waals surface area contributed by atoms with Crippen LogP contribution in [0.5, 0.6) is 0 Å². The molecule has 0 aromatic carbocycles. The number of allylic oxidation sites excluding steroid dienone is 11. The summed E-state index contributed by atoms with van der Waals surface area (Å²) in [6.07, 6.45) is 0.103. The Bertz CT molecular complexity index is 863. The lowest BCUT2D eigenvalue weighted by Gasteiger charge is -2.39. The Hall–Kier alpha value is -2.13. The second-order valence-electron chi connectivity index (χ2n) is 7.98. The molecule has 0 fully saturated rings. The van der Waals surface area contributed by atoms with E-state index in [-0.39, 0.29) is 17.8 Å². The third kappa shape index (κ3) is 4.95. The van der Waals surface area contributed by atoms with Crippen LogP contribution >= 0.6 is 0 Å². The SMILES string of the molecule is CC(C=CC=CC(O[Si](C)(C)C)(C(F)(F)F)C(F)(F)F)C1=CC=C2C(=O)C=CC=C21. The van der Waals surface area contributed by atoms with Gasteiger partial charge in [0, 0.05) is 5.57 Å². The molecule has 0 radical (unpaired) electrons. The zero-order valence-electron chi connectivity index (χ0n) is 16.9. The second-order valence-corrected chi connectivity index (χ2v) is 12.4. The molecule has 164 valence electrons. The Balaban J connectivity index is 2.27. The van der Waals surface area contributed by atoms with E-state index in [1.807, 2.05) is 0 Å². The molecule has 0 amide bonds. The number of hydrogen-bond acceptors (Lipinski definition) is 2. The van der Waals surface area contributed by atoms with Crippen molar-refractivity contribution in [1.82, 2.24) is 0 Å². The van der Waals surface area contributed by atoms with Crippen molar-refractivity contribution in [2.75, 3.05) is 0 Å². The summed E-state index contributed by atoms with van der Waals surface area (Å²) in [6, 6.07) is 0.